The van der Waals surface area contributed by atoms with Crippen molar-refractivity contribution in [1.82, 2.24) is 14.8 Å². The molecule has 0 radical (unpaired) electrons. The molecule has 4 rings (SSSR count). The van der Waals surface area contributed by atoms with Crippen LogP contribution in [-0.4, -0.2) is 53.9 Å². The van der Waals surface area contributed by atoms with Gasteiger partial charge in [-0.15, -0.1) is 0 Å². The molecule has 0 saturated carbocycles. The number of para-hydroxylation sites is 2. The van der Waals surface area contributed by atoms with E-state index in [0.29, 0.717) is 34.2 Å². The molecule has 0 spiro atoms. The number of likely N-dealkylation sites (N-methyl/N-ethyl adjacent to an activating group) is 1. The number of anilines is 2. The summed E-state index contributed by atoms with van der Waals surface area (Å²) in [7, 11) is 4.23. The van der Waals surface area contributed by atoms with Gasteiger partial charge in [-0.1, -0.05) is 24.3 Å². The molecule has 1 aliphatic rings. The molecule has 1 aliphatic heterocycles. The topological polar surface area (TPSA) is 98.3 Å². The molecule has 1 saturated heterocycles. The molecule has 3 N–H and O–H groups in total. The highest BCUT2D eigenvalue weighted by molar-refractivity contribution is 6.05. The Balaban J connectivity index is 1.47. The number of aromatic nitrogens is 1. The summed E-state index contributed by atoms with van der Waals surface area (Å²) in [5.41, 5.74) is 10.5. The van der Waals surface area contributed by atoms with Crippen LogP contribution >= 0.6 is 0 Å². The van der Waals surface area contributed by atoms with E-state index in [1.807, 2.05) is 36.5 Å². The standard InChI is InChI=1S/C26H28N6O/c1-31(2)22-11-12-32(17-22)16-18-13-21(14-27)25(29-15-18)19-7-9-20(10-8-19)26(33)30-24-6-4-3-5-23(24)28/h3-10,13,15,22H,11-12,16-17,28H2,1-2H3,(H,30,33)/t22-/m0/s1. The van der Waals surface area contributed by atoms with E-state index in [4.69, 9.17) is 5.73 Å². The Morgan fingerprint density at radius 1 is 1.24 bits per heavy atom. The van der Waals surface area contributed by atoms with Crippen LogP contribution in [0.2, 0.25) is 0 Å². The highest BCUT2D eigenvalue weighted by Gasteiger charge is 2.24. The van der Waals surface area contributed by atoms with Gasteiger partial charge in [0.25, 0.3) is 5.91 Å². The molecule has 1 amide bonds. The van der Waals surface area contributed by atoms with Crippen LogP contribution in [0.3, 0.4) is 0 Å². The number of nitrogens with zero attached hydrogens (tertiary/aromatic N) is 4. The highest BCUT2D eigenvalue weighted by atomic mass is 16.1. The van der Waals surface area contributed by atoms with E-state index in [2.05, 4.69) is 40.3 Å². The van der Waals surface area contributed by atoms with Crippen molar-refractivity contribution >= 4 is 17.3 Å². The van der Waals surface area contributed by atoms with Gasteiger partial charge in [-0.2, -0.15) is 5.26 Å². The number of hydrogen-bond donors (Lipinski definition) is 2. The molecule has 168 valence electrons. The quantitative estimate of drug-likeness (QED) is 0.569. The summed E-state index contributed by atoms with van der Waals surface area (Å²) < 4.78 is 0. The van der Waals surface area contributed by atoms with E-state index in [0.717, 1.165) is 37.2 Å². The van der Waals surface area contributed by atoms with Crippen molar-refractivity contribution in [2.45, 2.75) is 19.0 Å². The van der Waals surface area contributed by atoms with Crippen LogP contribution in [0, 0.1) is 11.3 Å². The number of nitriles is 1. The van der Waals surface area contributed by atoms with Crippen LogP contribution in [0.5, 0.6) is 0 Å². The molecule has 0 aliphatic carbocycles. The number of nitrogens with two attached hydrogens (primary N) is 1. The van der Waals surface area contributed by atoms with Gasteiger partial charge in [0.05, 0.1) is 22.6 Å². The van der Waals surface area contributed by atoms with E-state index >= 15 is 0 Å². The van der Waals surface area contributed by atoms with Gasteiger partial charge in [-0.3, -0.25) is 14.7 Å². The Kier molecular flexibility index (Phi) is 6.68. The predicted molar refractivity (Wildman–Crippen MR) is 131 cm³/mol. The maximum Gasteiger partial charge on any atom is 0.255 e. The number of nitrogen functional groups attached to an aromatic ring is 1. The zero-order valence-corrected chi connectivity index (χ0v) is 19.0. The summed E-state index contributed by atoms with van der Waals surface area (Å²) >= 11 is 0. The van der Waals surface area contributed by atoms with Gasteiger partial charge in [-0.25, -0.2) is 0 Å². The van der Waals surface area contributed by atoms with Crippen molar-refractivity contribution in [2.24, 2.45) is 0 Å². The van der Waals surface area contributed by atoms with E-state index in [1.165, 1.54) is 0 Å². The number of carbonyl (C=O) groups is 1. The van der Waals surface area contributed by atoms with Gasteiger partial charge in [0, 0.05) is 43.0 Å². The molecule has 3 aromatic rings. The second kappa shape index (κ2) is 9.82. The number of rotatable bonds is 6. The van der Waals surface area contributed by atoms with Crippen LogP contribution in [0.4, 0.5) is 11.4 Å². The first-order chi connectivity index (χ1) is 15.9. The Bertz CT molecular complexity index is 1180. The van der Waals surface area contributed by atoms with Crippen molar-refractivity contribution in [3.63, 3.8) is 0 Å². The third kappa shape index (κ3) is 5.20. The van der Waals surface area contributed by atoms with Gasteiger partial charge in [0.1, 0.15) is 6.07 Å². The number of likely N-dealkylation sites (tertiary alicyclic amines) is 1. The SMILES string of the molecule is CN(C)[C@H]1CCN(Cc2cnc(-c3ccc(C(=O)Nc4ccccc4N)cc3)c(C#N)c2)C1. The first-order valence-corrected chi connectivity index (χ1v) is 11.0. The molecule has 0 bridgehead atoms. The molecule has 1 fully saturated rings. The zero-order chi connectivity index (χ0) is 23.4. The first-order valence-electron chi connectivity index (χ1n) is 11.0. The third-order valence-corrected chi connectivity index (χ3v) is 6.08. The van der Waals surface area contributed by atoms with Gasteiger partial charge >= 0.3 is 0 Å². The number of nitrogens with one attached hydrogen (secondary N) is 1. The lowest BCUT2D eigenvalue weighted by Gasteiger charge is -2.20. The number of pyridine rings is 1. The largest absolute Gasteiger partial charge is 0.397 e. The second-order valence-corrected chi connectivity index (χ2v) is 8.61. The maximum absolute atomic E-state index is 12.6. The van der Waals surface area contributed by atoms with Gasteiger partial charge in [0.15, 0.2) is 0 Å². The lowest BCUT2D eigenvalue weighted by Crippen LogP contribution is -2.31. The second-order valence-electron chi connectivity index (χ2n) is 8.61. The molecule has 0 unspecified atom stereocenters. The van der Waals surface area contributed by atoms with Crippen LogP contribution in [0.25, 0.3) is 11.3 Å². The smallest absolute Gasteiger partial charge is 0.255 e. The average Bonchev–Trinajstić information content (AvgIpc) is 3.29. The van der Waals surface area contributed by atoms with Gasteiger partial charge in [0.2, 0.25) is 0 Å². The van der Waals surface area contributed by atoms with Gasteiger partial charge in [-0.05, 0) is 56.4 Å². The molecular weight excluding hydrogens is 412 g/mol. The third-order valence-electron chi connectivity index (χ3n) is 6.08. The van der Waals surface area contributed by atoms with Crippen molar-refractivity contribution in [3.8, 4) is 17.3 Å². The van der Waals surface area contributed by atoms with E-state index in [-0.39, 0.29) is 5.91 Å². The minimum Gasteiger partial charge on any atom is -0.397 e. The predicted octanol–water partition coefficient (Wildman–Crippen LogP) is 3.59. The lowest BCUT2D eigenvalue weighted by molar-refractivity contribution is 0.102. The fraction of sp³-hybridized carbons (Fsp3) is 0.269. The molecule has 7 nitrogen and oxygen atoms in total. The van der Waals surface area contributed by atoms with Crippen LogP contribution in [0.15, 0.2) is 60.8 Å². The summed E-state index contributed by atoms with van der Waals surface area (Å²) in [6.45, 7) is 2.85. The Morgan fingerprint density at radius 3 is 2.67 bits per heavy atom. The summed E-state index contributed by atoms with van der Waals surface area (Å²) in [5.74, 6) is -0.245. The van der Waals surface area contributed by atoms with Crippen molar-refractivity contribution in [2.75, 3.05) is 38.2 Å². The minimum absolute atomic E-state index is 0.245. The summed E-state index contributed by atoms with van der Waals surface area (Å²) in [4.78, 5) is 21.8. The molecular formula is C26H28N6O. The van der Waals surface area contributed by atoms with Gasteiger partial charge < -0.3 is 16.0 Å². The Morgan fingerprint density at radius 2 is 2.00 bits per heavy atom. The lowest BCUT2D eigenvalue weighted by atomic mass is 10.0. The molecule has 2 heterocycles. The Labute approximate surface area is 194 Å². The molecule has 1 aromatic heterocycles. The average molecular weight is 441 g/mol. The fourth-order valence-electron chi connectivity index (χ4n) is 4.13. The number of benzene rings is 2. The molecule has 7 heteroatoms. The molecule has 2 aromatic carbocycles. The van der Waals surface area contributed by atoms with Crippen molar-refractivity contribution in [1.29, 1.82) is 5.26 Å². The minimum atomic E-state index is -0.245. The fourth-order valence-corrected chi connectivity index (χ4v) is 4.13. The maximum atomic E-state index is 12.6. The molecule has 33 heavy (non-hydrogen) atoms. The summed E-state index contributed by atoms with van der Waals surface area (Å²) in [6.07, 6.45) is 3.00. The zero-order valence-electron chi connectivity index (χ0n) is 19.0. The molecule has 1 atom stereocenters. The number of carbonyl (C=O) groups excluding carboxylic acids is 1. The number of amides is 1. The van der Waals surface area contributed by atoms with Crippen molar-refractivity contribution in [3.05, 3.63) is 77.5 Å². The monoisotopic (exact) mass is 440 g/mol. The van der Waals surface area contributed by atoms with E-state index in [9.17, 15) is 10.1 Å². The number of hydrogen-bond acceptors (Lipinski definition) is 6. The summed E-state index contributed by atoms with van der Waals surface area (Å²) in [6, 6.07) is 19.0. The van der Waals surface area contributed by atoms with Crippen LogP contribution < -0.4 is 11.1 Å². The first kappa shape index (κ1) is 22.5. The van der Waals surface area contributed by atoms with Crippen LogP contribution in [-0.2, 0) is 6.54 Å². The normalized spacial score (nSPS) is 16.0. The highest BCUT2D eigenvalue weighted by Crippen LogP contribution is 2.25. The summed E-state index contributed by atoms with van der Waals surface area (Å²) in [5, 5.41) is 12.5. The van der Waals surface area contributed by atoms with E-state index < -0.39 is 0 Å². The van der Waals surface area contributed by atoms with E-state index in [1.54, 1.807) is 24.3 Å². The van der Waals surface area contributed by atoms with Crippen molar-refractivity contribution < 1.29 is 4.79 Å². The Hall–Kier alpha value is -3.73. The van der Waals surface area contributed by atoms with Crippen LogP contribution in [0.1, 0.15) is 27.9 Å².